The van der Waals surface area contributed by atoms with Crippen molar-refractivity contribution in [2.75, 3.05) is 0 Å². The molecule has 0 amide bonds. The van der Waals surface area contributed by atoms with Crippen LogP contribution in [0.2, 0.25) is 0 Å². The highest BCUT2D eigenvalue weighted by Crippen LogP contribution is 2.14. The van der Waals surface area contributed by atoms with Crippen molar-refractivity contribution in [1.82, 2.24) is 0 Å². The summed E-state index contributed by atoms with van der Waals surface area (Å²) < 4.78 is 17.0. The van der Waals surface area contributed by atoms with Crippen molar-refractivity contribution in [3.8, 4) is 11.5 Å². The predicted molar refractivity (Wildman–Crippen MR) is 137 cm³/mol. The molecule has 0 bridgehead atoms. The second kappa shape index (κ2) is 11.5. The molecule has 0 fully saturated rings. The summed E-state index contributed by atoms with van der Waals surface area (Å²) in [4.78, 5) is 0. The Bertz CT molecular complexity index is 1000. The van der Waals surface area contributed by atoms with Gasteiger partial charge in [0.25, 0.3) is 0 Å². The Morgan fingerprint density at radius 3 is 1.19 bits per heavy atom. The second-order valence-corrected chi connectivity index (χ2v) is 12.4. The lowest BCUT2D eigenvalue weighted by atomic mass is 10.2. The summed E-state index contributed by atoms with van der Waals surface area (Å²) in [5.41, 5.74) is 2.36. The molecule has 0 aliphatic heterocycles. The molecule has 0 atom stereocenters. The standard InChI is InChI=1S/C26H20I3O2/c27-21-5-1-19(2-6-21)17-30-25-13-9-23(10-14-25)29-24-11-15-26(16-12-24)31-18-20-3-7-22(28)8-4-20/h1-16H,17-18H2/q+1. The van der Waals surface area contributed by atoms with Crippen molar-refractivity contribution in [3.05, 3.63) is 122 Å². The van der Waals surface area contributed by atoms with Gasteiger partial charge >= 0.3 is 21.2 Å². The molecule has 0 saturated carbocycles. The molecule has 5 heteroatoms. The van der Waals surface area contributed by atoms with Crippen LogP contribution in [-0.2, 0) is 13.2 Å². The normalized spacial score (nSPS) is 10.6. The van der Waals surface area contributed by atoms with Gasteiger partial charge < -0.3 is 9.47 Å². The summed E-state index contributed by atoms with van der Waals surface area (Å²) in [7, 11) is 0. The molecule has 2 nitrogen and oxygen atoms in total. The fourth-order valence-corrected chi connectivity index (χ4v) is 5.68. The number of hydrogen-bond donors (Lipinski definition) is 0. The zero-order valence-electron chi connectivity index (χ0n) is 16.6. The van der Waals surface area contributed by atoms with Crippen molar-refractivity contribution < 1.29 is 30.7 Å². The molecule has 0 aromatic heterocycles. The van der Waals surface area contributed by atoms with Gasteiger partial charge in [-0.3, -0.25) is 0 Å². The van der Waals surface area contributed by atoms with Gasteiger partial charge in [-0.25, -0.2) is 0 Å². The van der Waals surface area contributed by atoms with Crippen molar-refractivity contribution >= 4 is 45.2 Å². The molecule has 0 radical (unpaired) electrons. The first-order valence-corrected chi connectivity index (χ1v) is 14.0. The fraction of sp³-hybridized carbons (Fsp3) is 0.0769. The SMILES string of the molecule is Ic1ccc(COc2ccc([I+]c3ccc(OCc4ccc(I)cc4)cc3)cc2)cc1. The summed E-state index contributed by atoms with van der Waals surface area (Å²) in [6.07, 6.45) is 0. The van der Waals surface area contributed by atoms with E-state index >= 15 is 0 Å². The largest absolute Gasteiger partial charge is 0.489 e. The van der Waals surface area contributed by atoms with E-state index in [2.05, 4.69) is 142 Å². The average molecular weight is 745 g/mol. The lowest BCUT2D eigenvalue weighted by Crippen LogP contribution is -3.61. The molecule has 0 unspecified atom stereocenters. The van der Waals surface area contributed by atoms with E-state index in [1.807, 2.05) is 0 Å². The summed E-state index contributed by atoms with van der Waals surface area (Å²) in [6.45, 7) is 1.18. The Balaban J connectivity index is 1.27. The monoisotopic (exact) mass is 745 g/mol. The minimum absolute atomic E-state index is 0.226. The van der Waals surface area contributed by atoms with E-state index in [9.17, 15) is 0 Å². The van der Waals surface area contributed by atoms with Crippen LogP contribution < -0.4 is 30.7 Å². The van der Waals surface area contributed by atoms with E-state index in [0.717, 1.165) is 11.5 Å². The zero-order chi connectivity index (χ0) is 21.5. The molecule has 0 heterocycles. The lowest BCUT2D eigenvalue weighted by Gasteiger charge is -2.06. The van der Waals surface area contributed by atoms with Crippen LogP contribution in [0.1, 0.15) is 11.1 Å². The molecular weight excluding hydrogens is 725 g/mol. The molecule has 4 rings (SSSR count). The van der Waals surface area contributed by atoms with Gasteiger partial charge in [-0.15, -0.1) is 0 Å². The van der Waals surface area contributed by atoms with Gasteiger partial charge in [0.05, 0.1) is 0 Å². The third kappa shape index (κ3) is 7.35. The number of ether oxygens (including phenoxy) is 2. The van der Waals surface area contributed by atoms with Crippen molar-refractivity contribution in [2.45, 2.75) is 13.2 Å². The number of rotatable bonds is 8. The van der Waals surface area contributed by atoms with Crippen LogP contribution in [0.25, 0.3) is 0 Å². The van der Waals surface area contributed by atoms with E-state index < -0.39 is 0 Å². The molecule has 4 aromatic rings. The average Bonchev–Trinajstić information content (AvgIpc) is 2.80. The van der Waals surface area contributed by atoms with Gasteiger partial charge in [-0.1, -0.05) is 24.3 Å². The minimum atomic E-state index is -0.226. The molecule has 0 aliphatic rings. The molecular formula is C26H20I3O2+. The highest BCUT2D eigenvalue weighted by atomic mass is 127. The molecule has 4 aromatic carbocycles. The summed E-state index contributed by atoms with van der Waals surface area (Å²) in [6, 6.07) is 33.8. The number of halogens is 3. The lowest BCUT2D eigenvalue weighted by molar-refractivity contribution is -0.597. The van der Waals surface area contributed by atoms with Crippen LogP contribution in [0.3, 0.4) is 0 Å². The van der Waals surface area contributed by atoms with E-state index in [-0.39, 0.29) is 21.2 Å². The first-order chi connectivity index (χ1) is 15.1. The van der Waals surface area contributed by atoms with Crippen LogP contribution in [0.4, 0.5) is 0 Å². The van der Waals surface area contributed by atoms with E-state index in [4.69, 9.17) is 9.47 Å². The highest BCUT2D eigenvalue weighted by molar-refractivity contribution is 14.1. The third-order valence-corrected chi connectivity index (χ3v) is 8.61. The molecule has 0 saturated heterocycles. The van der Waals surface area contributed by atoms with Gasteiger partial charge in [0, 0.05) is 7.14 Å². The third-order valence-electron chi connectivity index (χ3n) is 4.48. The Kier molecular flexibility index (Phi) is 8.48. The first-order valence-electron chi connectivity index (χ1n) is 9.73. The smallest absolute Gasteiger partial charge is 0.357 e. The minimum Gasteiger partial charge on any atom is -0.489 e. The summed E-state index contributed by atoms with van der Waals surface area (Å²) in [5, 5.41) is 0. The van der Waals surface area contributed by atoms with Crippen molar-refractivity contribution in [3.63, 3.8) is 0 Å². The van der Waals surface area contributed by atoms with Gasteiger partial charge in [0.15, 0.2) is 7.14 Å². The zero-order valence-corrected chi connectivity index (χ0v) is 23.1. The van der Waals surface area contributed by atoms with Gasteiger partial charge in [0.2, 0.25) is 0 Å². The van der Waals surface area contributed by atoms with Crippen LogP contribution in [0, 0.1) is 14.3 Å². The second-order valence-electron chi connectivity index (χ2n) is 6.83. The maximum Gasteiger partial charge on any atom is 0.357 e. The Morgan fingerprint density at radius 2 is 0.839 bits per heavy atom. The van der Waals surface area contributed by atoms with Crippen LogP contribution >= 0.6 is 45.2 Å². The summed E-state index contributed by atoms with van der Waals surface area (Å²) in [5.74, 6) is 1.82. The Morgan fingerprint density at radius 1 is 0.484 bits per heavy atom. The first kappa shape index (κ1) is 22.8. The molecule has 31 heavy (non-hydrogen) atoms. The van der Waals surface area contributed by atoms with E-state index in [1.54, 1.807) is 0 Å². The van der Waals surface area contributed by atoms with Crippen LogP contribution in [0.15, 0.2) is 97.1 Å². The van der Waals surface area contributed by atoms with Gasteiger partial charge in [-0.05, 0) is 129 Å². The molecule has 0 N–H and O–H groups in total. The summed E-state index contributed by atoms with van der Waals surface area (Å²) >= 11 is 4.40. The van der Waals surface area contributed by atoms with Crippen LogP contribution in [0.5, 0.6) is 11.5 Å². The van der Waals surface area contributed by atoms with Gasteiger partial charge in [-0.2, -0.15) is 0 Å². The van der Waals surface area contributed by atoms with Gasteiger partial charge in [0.1, 0.15) is 24.7 Å². The number of hydrogen-bond acceptors (Lipinski definition) is 2. The Labute approximate surface area is 220 Å². The van der Waals surface area contributed by atoms with E-state index in [0.29, 0.717) is 13.2 Å². The highest BCUT2D eigenvalue weighted by Gasteiger charge is 2.15. The van der Waals surface area contributed by atoms with Crippen LogP contribution in [-0.4, -0.2) is 0 Å². The molecule has 0 aliphatic carbocycles. The Hall–Kier alpha value is -1.33. The fourth-order valence-electron chi connectivity index (χ4n) is 2.81. The number of benzene rings is 4. The molecule has 156 valence electrons. The quantitative estimate of drug-likeness (QED) is 0.253. The maximum absolute atomic E-state index is 5.92. The maximum atomic E-state index is 5.92. The topological polar surface area (TPSA) is 18.5 Å². The molecule has 0 spiro atoms. The van der Waals surface area contributed by atoms with Crippen molar-refractivity contribution in [1.29, 1.82) is 0 Å². The van der Waals surface area contributed by atoms with E-state index in [1.165, 1.54) is 25.4 Å². The van der Waals surface area contributed by atoms with Crippen molar-refractivity contribution in [2.24, 2.45) is 0 Å². The predicted octanol–water partition coefficient (Wildman–Crippen LogP) is 4.18.